The van der Waals surface area contributed by atoms with Crippen molar-refractivity contribution in [1.29, 1.82) is 0 Å². The van der Waals surface area contributed by atoms with Crippen LogP contribution in [-0.2, 0) is 11.3 Å². The van der Waals surface area contributed by atoms with Gasteiger partial charge in [-0.05, 0) is 32.4 Å². The van der Waals surface area contributed by atoms with Gasteiger partial charge < -0.3 is 10.1 Å². The molecule has 1 rings (SSSR count). The number of hydrogen-bond donors (Lipinski definition) is 1. The fourth-order valence-corrected chi connectivity index (χ4v) is 1.97. The highest BCUT2D eigenvalue weighted by atomic mass is 35.5. The zero-order valence-electron chi connectivity index (χ0n) is 10.8. The Hall–Kier alpha value is -0.570. The van der Waals surface area contributed by atoms with Gasteiger partial charge in [0.15, 0.2) is 0 Å². The standard InChI is InChI=1S/C14H22ClNO/c1-12-8-13(2)10-14(9-12)11-16-5-3-6-17-7-4-15/h8-10,16H,3-7,11H2,1-2H3. The molecule has 0 aliphatic rings. The van der Waals surface area contributed by atoms with Crippen molar-refractivity contribution < 1.29 is 4.74 Å². The van der Waals surface area contributed by atoms with E-state index in [1.807, 2.05) is 0 Å². The topological polar surface area (TPSA) is 21.3 Å². The van der Waals surface area contributed by atoms with Crippen molar-refractivity contribution in [3.63, 3.8) is 0 Å². The van der Waals surface area contributed by atoms with Crippen molar-refractivity contribution in [2.24, 2.45) is 0 Å². The fourth-order valence-electron chi connectivity index (χ4n) is 1.86. The van der Waals surface area contributed by atoms with E-state index in [1.54, 1.807) is 0 Å². The smallest absolute Gasteiger partial charge is 0.0601 e. The molecule has 0 saturated carbocycles. The molecule has 0 radical (unpaired) electrons. The zero-order chi connectivity index (χ0) is 12.5. The number of nitrogens with one attached hydrogen (secondary N) is 1. The molecule has 3 heteroatoms. The second-order valence-electron chi connectivity index (χ2n) is 4.33. The molecule has 2 nitrogen and oxygen atoms in total. The monoisotopic (exact) mass is 255 g/mol. The molecule has 17 heavy (non-hydrogen) atoms. The first-order chi connectivity index (χ1) is 8.22. The lowest BCUT2D eigenvalue weighted by molar-refractivity contribution is 0.146. The van der Waals surface area contributed by atoms with Crippen LogP contribution < -0.4 is 5.32 Å². The van der Waals surface area contributed by atoms with Gasteiger partial charge in [0.25, 0.3) is 0 Å². The van der Waals surface area contributed by atoms with E-state index >= 15 is 0 Å². The number of aryl methyl sites for hydroxylation is 2. The molecule has 0 heterocycles. The van der Waals surface area contributed by atoms with Gasteiger partial charge in [-0.1, -0.05) is 29.3 Å². The molecule has 0 unspecified atom stereocenters. The van der Waals surface area contributed by atoms with E-state index in [4.69, 9.17) is 16.3 Å². The zero-order valence-corrected chi connectivity index (χ0v) is 11.5. The summed E-state index contributed by atoms with van der Waals surface area (Å²) in [6.07, 6.45) is 1.03. The number of hydrogen-bond acceptors (Lipinski definition) is 2. The van der Waals surface area contributed by atoms with Crippen molar-refractivity contribution >= 4 is 11.6 Å². The first-order valence-electron chi connectivity index (χ1n) is 6.14. The highest BCUT2D eigenvalue weighted by molar-refractivity contribution is 6.17. The maximum atomic E-state index is 5.51. The van der Waals surface area contributed by atoms with Crippen molar-refractivity contribution in [2.75, 3.05) is 25.6 Å². The number of alkyl halides is 1. The van der Waals surface area contributed by atoms with Gasteiger partial charge in [-0.25, -0.2) is 0 Å². The Morgan fingerprint density at radius 2 is 1.82 bits per heavy atom. The summed E-state index contributed by atoms with van der Waals surface area (Å²) in [5.74, 6) is 0.579. The third kappa shape index (κ3) is 6.67. The maximum Gasteiger partial charge on any atom is 0.0601 e. The number of ether oxygens (including phenoxy) is 1. The lowest BCUT2D eigenvalue weighted by Gasteiger charge is -2.07. The van der Waals surface area contributed by atoms with Crippen LogP contribution in [0.5, 0.6) is 0 Å². The van der Waals surface area contributed by atoms with E-state index in [-0.39, 0.29) is 0 Å². The van der Waals surface area contributed by atoms with Crippen LogP contribution in [0.15, 0.2) is 18.2 Å². The highest BCUT2D eigenvalue weighted by Gasteiger charge is 1.96. The third-order valence-electron chi connectivity index (χ3n) is 2.47. The molecule has 0 amide bonds. The van der Waals surface area contributed by atoms with Crippen LogP contribution in [0.3, 0.4) is 0 Å². The summed E-state index contributed by atoms with van der Waals surface area (Å²) in [7, 11) is 0. The van der Waals surface area contributed by atoms with Gasteiger partial charge in [0, 0.05) is 19.0 Å². The Labute approximate surface area is 109 Å². The largest absolute Gasteiger partial charge is 0.380 e. The normalized spacial score (nSPS) is 10.8. The minimum Gasteiger partial charge on any atom is -0.380 e. The number of rotatable bonds is 8. The molecule has 1 aromatic carbocycles. The summed E-state index contributed by atoms with van der Waals surface area (Å²) >= 11 is 5.51. The second kappa shape index (κ2) is 8.51. The van der Waals surface area contributed by atoms with E-state index in [0.29, 0.717) is 12.5 Å². The van der Waals surface area contributed by atoms with Crippen LogP contribution in [0.1, 0.15) is 23.1 Å². The Balaban J connectivity index is 2.13. The Kier molecular flexibility index (Phi) is 7.25. The van der Waals surface area contributed by atoms with Gasteiger partial charge in [-0.2, -0.15) is 0 Å². The van der Waals surface area contributed by atoms with Crippen LogP contribution in [0.25, 0.3) is 0 Å². The SMILES string of the molecule is Cc1cc(C)cc(CNCCCOCCCl)c1. The van der Waals surface area contributed by atoms with E-state index in [0.717, 1.165) is 26.1 Å². The molecule has 1 N–H and O–H groups in total. The van der Waals surface area contributed by atoms with E-state index < -0.39 is 0 Å². The van der Waals surface area contributed by atoms with Gasteiger partial charge in [-0.3, -0.25) is 0 Å². The summed E-state index contributed by atoms with van der Waals surface area (Å²) in [6.45, 7) is 7.62. The molecule has 0 aromatic heterocycles. The summed E-state index contributed by atoms with van der Waals surface area (Å²) in [5, 5.41) is 3.42. The van der Waals surface area contributed by atoms with Gasteiger partial charge >= 0.3 is 0 Å². The van der Waals surface area contributed by atoms with Crippen molar-refractivity contribution in [1.82, 2.24) is 5.32 Å². The van der Waals surface area contributed by atoms with E-state index in [2.05, 4.69) is 37.4 Å². The van der Waals surface area contributed by atoms with Crippen LogP contribution in [0.4, 0.5) is 0 Å². The Morgan fingerprint density at radius 3 is 2.47 bits per heavy atom. The number of benzene rings is 1. The predicted octanol–water partition coefficient (Wildman–Crippen LogP) is 3.04. The molecule has 0 saturated heterocycles. The Morgan fingerprint density at radius 1 is 1.12 bits per heavy atom. The summed E-state index contributed by atoms with van der Waals surface area (Å²) in [6, 6.07) is 6.65. The molecule has 0 atom stereocenters. The predicted molar refractivity (Wildman–Crippen MR) is 73.8 cm³/mol. The minimum atomic E-state index is 0.579. The first kappa shape index (κ1) is 14.5. The Bertz CT molecular complexity index is 308. The van der Waals surface area contributed by atoms with E-state index in [1.165, 1.54) is 16.7 Å². The summed E-state index contributed by atoms with van der Waals surface area (Å²) in [4.78, 5) is 0. The molecule has 0 fully saturated rings. The molecule has 1 aromatic rings. The highest BCUT2D eigenvalue weighted by Crippen LogP contribution is 2.08. The molecule has 0 aliphatic carbocycles. The summed E-state index contributed by atoms with van der Waals surface area (Å²) in [5.41, 5.74) is 4.00. The van der Waals surface area contributed by atoms with Crippen LogP contribution >= 0.6 is 11.6 Å². The van der Waals surface area contributed by atoms with Gasteiger partial charge in [0.05, 0.1) is 6.61 Å². The molecular weight excluding hydrogens is 234 g/mol. The molecule has 0 spiro atoms. The number of halogens is 1. The summed E-state index contributed by atoms with van der Waals surface area (Å²) < 4.78 is 5.30. The first-order valence-corrected chi connectivity index (χ1v) is 6.67. The van der Waals surface area contributed by atoms with Crippen molar-refractivity contribution in [2.45, 2.75) is 26.8 Å². The quantitative estimate of drug-likeness (QED) is 0.570. The lowest BCUT2D eigenvalue weighted by Crippen LogP contribution is -2.16. The molecular formula is C14H22ClNO. The average molecular weight is 256 g/mol. The minimum absolute atomic E-state index is 0.579. The van der Waals surface area contributed by atoms with Gasteiger partial charge in [-0.15, -0.1) is 11.6 Å². The van der Waals surface area contributed by atoms with Crippen LogP contribution in [-0.4, -0.2) is 25.6 Å². The van der Waals surface area contributed by atoms with Gasteiger partial charge in [0.2, 0.25) is 0 Å². The molecule has 0 bridgehead atoms. The average Bonchev–Trinajstić information content (AvgIpc) is 2.26. The fraction of sp³-hybridized carbons (Fsp3) is 0.571. The van der Waals surface area contributed by atoms with Crippen LogP contribution in [0, 0.1) is 13.8 Å². The molecule has 96 valence electrons. The third-order valence-corrected chi connectivity index (χ3v) is 2.63. The maximum absolute atomic E-state index is 5.51. The van der Waals surface area contributed by atoms with Crippen molar-refractivity contribution in [3.8, 4) is 0 Å². The molecule has 0 aliphatic heterocycles. The van der Waals surface area contributed by atoms with Crippen LogP contribution in [0.2, 0.25) is 0 Å². The van der Waals surface area contributed by atoms with Crippen molar-refractivity contribution in [3.05, 3.63) is 34.9 Å². The second-order valence-corrected chi connectivity index (χ2v) is 4.71. The van der Waals surface area contributed by atoms with E-state index in [9.17, 15) is 0 Å². The van der Waals surface area contributed by atoms with Gasteiger partial charge in [0.1, 0.15) is 0 Å². The lowest BCUT2D eigenvalue weighted by atomic mass is 10.1.